The Morgan fingerprint density at radius 2 is 2.03 bits per heavy atom. The molecule has 0 radical (unpaired) electrons. The van der Waals surface area contributed by atoms with E-state index in [4.69, 9.17) is 11.6 Å². The molecular weight excluding hydrogens is 391 g/mol. The van der Waals surface area contributed by atoms with Gasteiger partial charge in [0.25, 0.3) is 0 Å². The Labute approximate surface area is 172 Å². The Hall–Kier alpha value is -2.99. The molecule has 3 aromatic rings. The number of fused-ring (bicyclic) bond motifs is 1. The number of halogens is 2. The third-order valence-corrected chi connectivity index (χ3v) is 5.18. The maximum absolute atomic E-state index is 13.0. The highest BCUT2D eigenvalue weighted by Gasteiger charge is 2.19. The third-order valence-electron chi connectivity index (χ3n) is 4.83. The highest BCUT2D eigenvalue weighted by atomic mass is 35.5. The lowest BCUT2D eigenvalue weighted by Gasteiger charge is -2.07. The van der Waals surface area contributed by atoms with E-state index < -0.39 is 5.95 Å². The summed E-state index contributed by atoms with van der Waals surface area (Å²) in [6, 6.07) is 7.05. The van der Waals surface area contributed by atoms with Gasteiger partial charge in [-0.05, 0) is 42.7 Å². The fourth-order valence-electron chi connectivity index (χ4n) is 3.36. The van der Waals surface area contributed by atoms with Crippen molar-refractivity contribution in [2.24, 2.45) is 4.99 Å². The molecule has 1 aliphatic heterocycles. The van der Waals surface area contributed by atoms with E-state index in [1.807, 2.05) is 25.1 Å². The zero-order valence-electron chi connectivity index (χ0n) is 15.8. The number of aliphatic imine (C=N–C) groups is 1. The number of aromatic nitrogens is 3. The molecule has 0 aromatic carbocycles. The zero-order chi connectivity index (χ0) is 20.4. The van der Waals surface area contributed by atoms with Crippen molar-refractivity contribution >= 4 is 23.1 Å². The SMILES string of the molecule is Cc1cc(C2=NCc3cc(CC(=O)CCc4cnc(F)cc4Cl)ncc32)ccn1. The first-order valence-electron chi connectivity index (χ1n) is 9.27. The number of rotatable bonds is 6. The molecule has 0 bridgehead atoms. The van der Waals surface area contributed by atoms with Crippen LogP contribution in [0.2, 0.25) is 5.02 Å². The number of ketones is 1. The summed E-state index contributed by atoms with van der Waals surface area (Å²) in [5, 5.41) is 0.289. The van der Waals surface area contributed by atoms with Gasteiger partial charge in [0.05, 0.1) is 12.3 Å². The Bertz CT molecular complexity index is 1130. The molecule has 1 aliphatic rings. The molecule has 4 heterocycles. The van der Waals surface area contributed by atoms with Crippen molar-refractivity contribution in [1.82, 2.24) is 15.0 Å². The molecule has 0 aliphatic carbocycles. The van der Waals surface area contributed by atoms with Gasteiger partial charge in [0, 0.05) is 65.0 Å². The molecule has 4 rings (SSSR count). The van der Waals surface area contributed by atoms with Gasteiger partial charge in [0.15, 0.2) is 0 Å². The van der Waals surface area contributed by atoms with E-state index >= 15 is 0 Å². The van der Waals surface area contributed by atoms with Gasteiger partial charge in [-0.2, -0.15) is 4.39 Å². The van der Waals surface area contributed by atoms with Gasteiger partial charge in [0.2, 0.25) is 5.95 Å². The lowest BCUT2D eigenvalue weighted by Crippen LogP contribution is -2.08. The van der Waals surface area contributed by atoms with E-state index in [-0.39, 0.29) is 17.2 Å². The molecule has 0 N–H and O–H groups in total. The van der Waals surface area contributed by atoms with Crippen molar-refractivity contribution in [3.8, 4) is 0 Å². The van der Waals surface area contributed by atoms with Crippen LogP contribution in [-0.4, -0.2) is 26.4 Å². The van der Waals surface area contributed by atoms with Gasteiger partial charge in [-0.1, -0.05) is 11.6 Å². The van der Waals surface area contributed by atoms with Gasteiger partial charge < -0.3 is 0 Å². The van der Waals surface area contributed by atoms with Crippen LogP contribution in [0.4, 0.5) is 4.39 Å². The van der Waals surface area contributed by atoms with Crippen LogP contribution < -0.4 is 0 Å². The van der Waals surface area contributed by atoms with Crippen LogP contribution >= 0.6 is 11.6 Å². The highest BCUT2D eigenvalue weighted by molar-refractivity contribution is 6.31. The summed E-state index contributed by atoms with van der Waals surface area (Å²) >= 11 is 5.99. The first-order valence-corrected chi connectivity index (χ1v) is 9.64. The Kier molecular flexibility index (Phi) is 5.45. The zero-order valence-corrected chi connectivity index (χ0v) is 16.6. The number of aryl methyl sites for hydroxylation is 2. The third kappa shape index (κ3) is 4.38. The molecular formula is C22H18ClFN4O. The number of carbonyl (C=O) groups is 1. The van der Waals surface area contributed by atoms with Crippen molar-refractivity contribution in [3.63, 3.8) is 0 Å². The second-order valence-corrected chi connectivity index (χ2v) is 7.40. The molecule has 0 unspecified atom stereocenters. The fourth-order valence-corrected chi connectivity index (χ4v) is 3.59. The van der Waals surface area contributed by atoms with Crippen LogP contribution in [0.15, 0.2) is 47.8 Å². The normalized spacial score (nSPS) is 12.6. The van der Waals surface area contributed by atoms with Crippen LogP contribution in [0.1, 0.15) is 40.1 Å². The Morgan fingerprint density at radius 1 is 1.17 bits per heavy atom. The van der Waals surface area contributed by atoms with Crippen LogP contribution in [0.5, 0.6) is 0 Å². The lowest BCUT2D eigenvalue weighted by atomic mass is 10.0. The summed E-state index contributed by atoms with van der Waals surface area (Å²) in [7, 11) is 0. The van der Waals surface area contributed by atoms with Crippen LogP contribution in [0, 0.1) is 12.9 Å². The molecule has 146 valence electrons. The number of carbonyl (C=O) groups excluding carboxylic acids is 1. The van der Waals surface area contributed by atoms with Crippen molar-refractivity contribution in [2.75, 3.05) is 0 Å². The number of hydrogen-bond donors (Lipinski definition) is 0. The van der Waals surface area contributed by atoms with Crippen molar-refractivity contribution in [2.45, 2.75) is 32.7 Å². The van der Waals surface area contributed by atoms with Crippen molar-refractivity contribution < 1.29 is 9.18 Å². The average molecular weight is 409 g/mol. The monoisotopic (exact) mass is 408 g/mol. The number of pyridine rings is 3. The maximum Gasteiger partial charge on any atom is 0.214 e. The molecule has 3 aromatic heterocycles. The predicted octanol–water partition coefficient (Wildman–Crippen LogP) is 4.07. The van der Waals surface area contributed by atoms with E-state index in [9.17, 15) is 9.18 Å². The van der Waals surface area contributed by atoms with Gasteiger partial charge in [-0.25, -0.2) is 4.98 Å². The van der Waals surface area contributed by atoms with Gasteiger partial charge in [-0.15, -0.1) is 0 Å². The van der Waals surface area contributed by atoms with E-state index in [0.717, 1.165) is 39.9 Å². The van der Waals surface area contributed by atoms with E-state index in [0.29, 0.717) is 24.9 Å². The minimum absolute atomic E-state index is 0.0433. The molecule has 0 saturated heterocycles. The van der Waals surface area contributed by atoms with Crippen LogP contribution in [0.25, 0.3) is 0 Å². The van der Waals surface area contributed by atoms with Gasteiger partial charge >= 0.3 is 0 Å². The van der Waals surface area contributed by atoms with Crippen molar-refractivity contribution in [1.29, 1.82) is 0 Å². The largest absolute Gasteiger partial charge is 0.299 e. The Morgan fingerprint density at radius 3 is 2.83 bits per heavy atom. The molecule has 0 atom stereocenters. The van der Waals surface area contributed by atoms with E-state index in [1.165, 1.54) is 6.20 Å². The van der Waals surface area contributed by atoms with Crippen LogP contribution in [0.3, 0.4) is 0 Å². The molecule has 0 amide bonds. The molecule has 0 saturated carbocycles. The minimum atomic E-state index is -0.629. The quantitative estimate of drug-likeness (QED) is 0.576. The molecule has 0 spiro atoms. The first-order chi connectivity index (χ1) is 14.0. The fraction of sp³-hybridized carbons (Fsp3) is 0.227. The number of Topliss-reactive ketones (excluding diaryl/α,β-unsaturated/α-hetero) is 1. The summed E-state index contributed by atoms with van der Waals surface area (Å²) < 4.78 is 13.0. The van der Waals surface area contributed by atoms with Gasteiger partial charge in [0.1, 0.15) is 5.78 Å². The molecule has 0 fully saturated rings. The topological polar surface area (TPSA) is 68.1 Å². The molecule has 29 heavy (non-hydrogen) atoms. The second kappa shape index (κ2) is 8.17. The summed E-state index contributed by atoms with van der Waals surface area (Å²) in [5.41, 5.74) is 6.31. The van der Waals surface area contributed by atoms with E-state index in [2.05, 4.69) is 19.9 Å². The Balaban J connectivity index is 1.42. The maximum atomic E-state index is 13.0. The highest BCUT2D eigenvalue weighted by Crippen LogP contribution is 2.24. The average Bonchev–Trinajstić information content (AvgIpc) is 3.10. The van der Waals surface area contributed by atoms with E-state index in [1.54, 1.807) is 12.4 Å². The van der Waals surface area contributed by atoms with Crippen LogP contribution in [-0.2, 0) is 24.2 Å². The summed E-state index contributed by atoms with van der Waals surface area (Å²) in [6.07, 6.45) is 5.89. The minimum Gasteiger partial charge on any atom is -0.299 e. The summed E-state index contributed by atoms with van der Waals surface area (Å²) in [5.74, 6) is -0.585. The van der Waals surface area contributed by atoms with Crippen molar-refractivity contribution in [3.05, 3.63) is 87.5 Å². The van der Waals surface area contributed by atoms with Gasteiger partial charge in [-0.3, -0.25) is 19.8 Å². The summed E-state index contributed by atoms with van der Waals surface area (Å²) in [6.45, 7) is 2.52. The number of nitrogens with zero attached hydrogens (tertiary/aromatic N) is 4. The molecule has 5 nitrogen and oxygen atoms in total. The smallest absolute Gasteiger partial charge is 0.214 e. The lowest BCUT2D eigenvalue weighted by molar-refractivity contribution is -0.118. The standard InChI is InChI=1S/C22H18ClFN4O/c1-13-6-14(4-5-25-13)22-19-12-26-17(7-16(19)11-28-22)8-18(29)3-2-15-10-27-21(24)9-20(15)23/h4-7,9-10,12H,2-3,8,11H2,1H3. The first kappa shape index (κ1) is 19.3. The number of hydrogen-bond acceptors (Lipinski definition) is 5. The summed E-state index contributed by atoms with van der Waals surface area (Å²) in [4.78, 5) is 29.3. The molecule has 7 heteroatoms. The predicted molar refractivity (Wildman–Crippen MR) is 109 cm³/mol. The second-order valence-electron chi connectivity index (χ2n) is 7.00.